The van der Waals surface area contributed by atoms with Crippen LogP contribution in [-0.4, -0.2) is 41.8 Å². The van der Waals surface area contributed by atoms with Gasteiger partial charge in [-0.25, -0.2) is 4.39 Å². The molecule has 2 fully saturated rings. The number of rotatable bonds is 2. The van der Waals surface area contributed by atoms with E-state index in [0.717, 1.165) is 49.4 Å². The quantitative estimate of drug-likeness (QED) is 0.866. The Hall–Kier alpha value is -1.95. The first-order valence-electron chi connectivity index (χ1n) is 9.38. The number of β-amino-alcohol motifs (C(OH)–C–C–N with tert-alkyl or cyclic N) is 1. The van der Waals surface area contributed by atoms with Crippen LogP contribution in [0.3, 0.4) is 0 Å². The maximum atomic E-state index is 14.0. The van der Waals surface area contributed by atoms with E-state index in [1.807, 2.05) is 6.07 Å². The van der Waals surface area contributed by atoms with E-state index in [9.17, 15) is 9.50 Å². The van der Waals surface area contributed by atoms with Crippen LogP contribution in [0.5, 0.6) is 0 Å². The average molecular weight is 354 g/mol. The molecule has 26 heavy (non-hydrogen) atoms. The van der Waals surface area contributed by atoms with Crippen LogP contribution >= 0.6 is 0 Å². The van der Waals surface area contributed by atoms with Gasteiger partial charge in [0.2, 0.25) is 0 Å². The van der Waals surface area contributed by atoms with E-state index in [2.05, 4.69) is 28.4 Å². The minimum absolute atomic E-state index is 0.0950. The Morgan fingerprint density at radius 3 is 2.85 bits per heavy atom. The van der Waals surface area contributed by atoms with Gasteiger partial charge in [-0.1, -0.05) is 18.2 Å². The predicted octanol–water partition coefficient (Wildman–Crippen LogP) is 3.56. The second kappa shape index (κ2) is 6.34. The van der Waals surface area contributed by atoms with E-state index in [-0.39, 0.29) is 30.0 Å². The Morgan fingerprint density at radius 2 is 2.00 bits per heavy atom. The van der Waals surface area contributed by atoms with Crippen LogP contribution in [0.15, 0.2) is 42.5 Å². The van der Waals surface area contributed by atoms with E-state index in [0.29, 0.717) is 0 Å². The van der Waals surface area contributed by atoms with Gasteiger partial charge >= 0.3 is 0 Å². The van der Waals surface area contributed by atoms with Crippen LogP contribution in [-0.2, 0) is 4.74 Å². The number of likely N-dealkylation sites (tertiary alicyclic amines) is 1. The smallest absolute Gasteiger partial charge is 0.123 e. The van der Waals surface area contributed by atoms with E-state index in [4.69, 9.17) is 4.74 Å². The molecule has 2 N–H and O–H groups in total. The molecule has 4 unspecified atom stereocenters. The van der Waals surface area contributed by atoms with E-state index < -0.39 is 0 Å². The number of nitrogens with one attached hydrogen (secondary N) is 1. The van der Waals surface area contributed by atoms with E-state index in [1.165, 1.54) is 11.6 Å². The summed E-state index contributed by atoms with van der Waals surface area (Å²) < 4.78 is 20.4. The fourth-order valence-corrected chi connectivity index (χ4v) is 4.69. The summed E-state index contributed by atoms with van der Waals surface area (Å²) in [6.45, 7) is 2.46. The molecule has 0 aromatic heterocycles. The molecule has 2 aromatic rings. The molecule has 3 aliphatic rings. The van der Waals surface area contributed by atoms with Gasteiger partial charge in [0.05, 0.1) is 18.3 Å². The van der Waals surface area contributed by atoms with Gasteiger partial charge in [-0.15, -0.1) is 0 Å². The number of para-hydroxylation sites is 1. The zero-order valence-corrected chi connectivity index (χ0v) is 14.6. The third kappa shape index (κ3) is 2.80. The number of ether oxygens (including phenoxy) is 1. The minimum atomic E-state index is -0.232. The van der Waals surface area contributed by atoms with Crippen molar-refractivity contribution in [3.8, 4) is 0 Å². The number of aliphatic hydroxyl groups is 1. The molecule has 4 atom stereocenters. The zero-order valence-electron chi connectivity index (χ0n) is 14.6. The largest absolute Gasteiger partial charge is 0.392 e. The molecule has 3 heterocycles. The Balaban J connectivity index is 1.49. The fraction of sp³-hybridized carbons (Fsp3) is 0.429. The topological polar surface area (TPSA) is 44.7 Å². The lowest BCUT2D eigenvalue weighted by atomic mass is 9.87. The van der Waals surface area contributed by atoms with Crippen molar-refractivity contribution in [2.75, 3.05) is 25.0 Å². The molecule has 0 radical (unpaired) electrons. The van der Waals surface area contributed by atoms with Gasteiger partial charge in [-0.2, -0.15) is 0 Å². The van der Waals surface area contributed by atoms with Gasteiger partial charge in [0.1, 0.15) is 5.82 Å². The van der Waals surface area contributed by atoms with Crippen molar-refractivity contribution >= 4 is 11.4 Å². The summed E-state index contributed by atoms with van der Waals surface area (Å²) in [5, 5.41) is 13.2. The summed E-state index contributed by atoms with van der Waals surface area (Å²) in [5.41, 5.74) is 4.13. The van der Waals surface area contributed by atoms with Crippen molar-refractivity contribution < 1.29 is 14.2 Å². The third-order valence-electron chi connectivity index (χ3n) is 5.88. The standard InChI is InChI=1S/C21H23FN2O2/c22-13-5-6-20-18(9-13)21-17(16-3-1-2-4-19(16)23-20)10-15(26-21)12-24-8-7-14(25)11-24/h1-6,9,14-15,17,21,23,25H,7-8,10-12H2. The van der Waals surface area contributed by atoms with Crippen molar-refractivity contribution in [3.05, 3.63) is 59.4 Å². The van der Waals surface area contributed by atoms with E-state index >= 15 is 0 Å². The second-order valence-electron chi connectivity index (χ2n) is 7.67. The van der Waals surface area contributed by atoms with Crippen molar-refractivity contribution in [2.24, 2.45) is 0 Å². The number of halogens is 1. The Morgan fingerprint density at radius 1 is 1.15 bits per heavy atom. The van der Waals surface area contributed by atoms with Crippen LogP contribution in [0, 0.1) is 5.82 Å². The predicted molar refractivity (Wildman–Crippen MR) is 98.2 cm³/mol. The molecule has 2 saturated heterocycles. The highest BCUT2D eigenvalue weighted by Crippen LogP contribution is 2.51. The summed E-state index contributed by atoms with van der Waals surface area (Å²) in [6, 6.07) is 13.2. The highest BCUT2D eigenvalue weighted by molar-refractivity contribution is 5.70. The molecular formula is C21H23FN2O2. The summed E-state index contributed by atoms with van der Waals surface area (Å²) in [7, 11) is 0. The zero-order chi connectivity index (χ0) is 17.7. The van der Waals surface area contributed by atoms with E-state index in [1.54, 1.807) is 12.1 Å². The first-order chi connectivity index (χ1) is 12.7. The normalized spacial score (nSPS) is 30.2. The lowest BCUT2D eigenvalue weighted by Crippen LogP contribution is -2.31. The molecule has 2 aromatic carbocycles. The molecule has 0 spiro atoms. The van der Waals surface area contributed by atoms with Gasteiger partial charge in [0, 0.05) is 42.5 Å². The minimum Gasteiger partial charge on any atom is -0.392 e. The summed E-state index contributed by atoms with van der Waals surface area (Å²) in [4.78, 5) is 2.27. The van der Waals surface area contributed by atoms with Crippen LogP contribution in [0.1, 0.15) is 36.0 Å². The van der Waals surface area contributed by atoms with Crippen molar-refractivity contribution in [3.63, 3.8) is 0 Å². The Labute approximate surface area is 152 Å². The first kappa shape index (κ1) is 16.2. The van der Waals surface area contributed by atoms with Crippen LogP contribution in [0.4, 0.5) is 15.8 Å². The molecule has 4 nitrogen and oxygen atoms in total. The number of hydrogen-bond donors (Lipinski definition) is 2. The van der Waals surface area contributed by atoms with Crippen LogP contribution in [0.25, 0.3) is 0 Å². The summed E-state index contributed by atoms with van der Waals surface area (Å²) in [6.07, 6.45) is 1.47. The Bertz CT molecular complexity index is 827. The highest BCUT2D eigenvalue weighted by atomic mass is 19.1. The van der Waals surface area contributed by atoms with Crippen molar-refractivity contribution in [1.29, 1.82) is 0 Å². The average Bonchev–Trinajstić information content (AvgIpc) is 3.20. The summed E-state index contributed by atoms with van der Waals surface area (Å²) >= 11 is 0. The van der Waals surface area contributed by atoms with Gasteiger partial charge < -0.3 is 15.2 Å². The molecule has 136 valence electrons. The number of anilines is 2. The maximum absolute atomic E-state index is 14.0. The first-order valence-corrected chi connectivity index (χ1v) is 9.38. The van der Waals surface area contributed by atoms with Gasteiger partial charge in [0.25, 0.3) is 0 Å². The van der Waals surface area contributed by atoms with Gasteiger partial charge in [-0.05, 0) is 42.7 Å². The highest BCUT2D eigenvalue weighted by Gasteiger charge is 2.41. The van der Waals surface area contributed by atoms with Crippen LogP contribution < -0.4 is 5.32 Å². The number of aliphatic hydroxyl groups excluding tert-OH is 1. The SMILES string of the molecule is OC1CCN(CC2CC3c4ccccc4Nc4ccc(F)cc4C3O2)C1. The summed E-state index contributed by atoms with van der Waals surface area (Å²) in [5.74, 6) is -0.0238. The molecule has 0 bridgehead atoms. The monoisotopic (exact) mass is 354 g/mol. The number of fused-ring (bicyclic) bond motifs is 5. The molecule has 5 heteroatoms. The molecule has 3 aliphatic heterocycles. The van der Waals surface area contributed by atoms with Gasteiger partial charge in [0.15, 0.2) is 0 Å². The molecule has 5 rings (SSSR count). The number of nitrogens with zero attached hydrogens (tertiary/aromatic N) is 1. The molecular weight excluding hydrogens is 331 g/mol. The lowest BCUT2D eigenvalue weighted by molar-refractivity contribution is 0.0217. The number of hydrogen-bond acceptors (Lipinski definition) is 4. The van der Waals surface area contributed by atoms with Crippen LogP contribution in [0.2, 0.25) is 0 Å². The van der Waals surface area contributed by atoms with Crippen molar-refractivity contribution in [2.45, 2.75) is 37.1 Å². The third-order valence-corrected chi connectivity index (χ3v) is 5.88. The number of benzene rings is 2. The molecule has 0 amide bonds. The van der Waals surface area contributed by atoms with Gasteiger partial charge in [-0.3, -0.25) is 4.90 Å². The lowest BCUT2D eigenvalue weighted by Gasteiger charge is -2.21. The second-order valence-corrected chi connectivity index (χ2v) is 7.67. The molecule has 0 aliphatic carbocycles. The fourth-order valence-electron chi connectivity index (χ4n) is 4.69. The Kier molecular flexibility index (Phi) is 3.96. The van der Waals surface area contributed by atoms with Crippen molar-refractivity contribution in [1.82, 2.24) is 4.90 Å². The maximum Gasteiger partial charge on any atom is 0.123 e. The molecule has 0 saturated carbocycles.